The zero-order chi connectivity index (χ0) is 11.0. The van der Waals surface area contributed by atoms with Gasteiger partial charge in [0, 0.05) is 17.9 Å². The summed E-state index contributed by atoms with van der Waals surface area (Å²) in [6, 6.07) is 0. The van der Waals surface area contributed by atoms with E-state index in [1.165, 1.54) is 24.0 Å². The number of Topliss-reactive ketones (excluding diaryl/α,β-unsaturated/α-hetero) is 1. The first-order chi connectivity index (χ1) is 7.13. The third-order valence-corrected chi connectivity index (χ3v) is 3.92. The molecule has 0 N–H and O–H groups in total. The van der Waals surface area contributed by atoms with E-state index in [0.717, 1.165) is 12.0 Å². The molecule has 2 aliphatic carbocycles. The predicted octanol–water partition coefficient (Wildman–Crippen LogP) is 3.66. The molecule has 82 valence electrons. The van der Waals surface area contributed by atoms with Gasteiger partial charge in [-0.25, -0.2) is 0 Å². The van der Waals surface area contributed by atoms with Crippen molar-refractivity contribution in [3.63, 3.8) is 0 Å². The van der Waals surface area contributed by atoms with E-state index in [1.807, 2.05) is 0 Å². The molecule has 0 aromatic carbocycles. The highest BCUT2D eigenvalue weighted by Crippen LogP contribution is 2.41. The number of carbonyl (C=O) groups is 1. The van der Waals surface area contributed by atoms with Crippen molar-refractivity contribution in [1.82, 2.24) is 0 Å². The molecular weight excluding hydrogens is 184 g/mol. The van der Waals surface area contributed by atoms with Crippen LogP contribution in [0.4, 0.5) is 0 Å². The number of hydrogen-bond acceptors (Lipinski definition) is 1. The monoisotopic (exact) mass is 204 g/mol. The lowest BCUT2D eigenvalue weighted by molar-refractivity contribution is -0.116. The van der Waals surface area contributed by atoms with E-state index in [9.17, 15) is 4.79 Å². The minimum atomic E-state index is 0.385. The van der Waals surface area contributed by atoms with Crippen LogP contribution in [-0.4, -0.2) is 5.78 Å². The SMILES string of the molecule is CC[C@H]1CCC(C)=C2C(=O)CC(C)=CC21. The lowest BCUT2D eigenvalue weighted by Crippen LogP contribution is -2.28. The summed E-state index contributed by atoms with van der Waals surface area (Å²) in [6.45, 7) is 6.47. The van der Waals surface area contributed by atoms with Gasteiger partial charge in [0.05, 0.1) is 0 Å². The van der Waals surface area contributed by atoms with Crippen LogP contribution in [0.5, 0.6) is 0 Å². The van der Waals surface area contributed by atoms with E-state index in [-0.39, 0.29) is 0 Å². The molecule has 2 aliphatic rings. The van der Waals surface area contributed by atoms with Crippen LogP contribution in [0, 0.1) is 11.8 Å². The second-order valence-electron chi connectivity index (χ2n) is 5.04. The molecule has 2 atom stereocenters. The fourth-order valence-electron chi connectivity index (χ4n) is 3.05. The minimum Gasteiger partial charge on any atom is -0.294 e. The third kappa shape index (κ3) is 1.80. The minimum absolute atomic E-state index is 0.385. The Bertz CT molecular complexity index is 346. The molecule has 0 bridgehead atoms. The number of ketones is 1. The van der Waals surface area contributed by atoms with Crippen LogP contribution in [0.3, 0.4) is 0 Å². The first kappa shape index (κ1) is 10.7. The van der Waals surface area contributed by atoms with E-state index in [0.29, 0.717) is 24.0 Å². The number of fused-ring (bicyclic) bond motifs is 1. The van der Waals surface area contributed by atoms with Crippen LogP contribution in [-0.2, 0) is 4.79 Å². The van der Waals surface area contributed by atoms with Crippen molar-refractivity contribution in [2.45, 2.75) is 46.5 Å². The van der Waals surface area contributed by atoms with Gasteiger partial charge in [0.25, 0.3) is 0 Å². The van der Waals surface area contributed by atoms with Gasteiger partial charge in [-0.3, -0.25) is 4.79 Å². The highest BCUT2D eigenvalue weighted by atomic mass is 16.1. The normalized spacial score (nSPS) is 31.4. The highest BCUT2D eigenvalue weighted by molar-refractivity contribution is 5.99. The van der Waals surface area contributed by atoms with Gasteiger partial charge in [0.2, 0.25) is 0 Å². The highest BCUT2D eigenvalue weighted by Gasteiger charge is 2.33. The standard InChI is InChI=1S/C14H20O/c1-4-11-6-5-10(3)14-12(11)7-9(2)8-13(14)15/h7,11-12H,4-6,8H2,1-3H3/t11-,12?/m0/s1. The van der Waals surface area contributed by atoms with Crippen LogP contribution in [0.25, 0.3) is 0 Å². The average Bonchev–Trinajstić information content (AvgIpc) is 2.17. The van der Waals surface area contributed by atoms with Gasteiger partial charge in [-0.05, 0) is 32.6 Å². The van der Waals surface area contributed by atoms with Gasteiger partial charge in [-0.15, -0.1) is 0 Å². The topological polar surface area (TPSA) is 17.1 Å². The molecule has 0 saturated heterocycles. The van der Waals surface area contributed by atoms with Crippen molar-refractivity contribution in [2.24, 2.45) is 11.8 Å². The van der Waals surface area contributed by atoms with E-state index >= 15 is 0 Å². The third-order valence-electron chi connectivity index (χ3n) is 3.92. The van der Waals surface area contributed by atoms with Crippen molar-refractivity contribution in [1.29, 1.82) is 0 Å². The van der Waals surface area contributed by atoms with Crippen LogP contribution in [0.15, 0.2) is 22.8 Å². The Hall–Kier alpha value is -0.850. The summed E-state index contributed by atoms with van der Waals surface area (Å²) in [5.41, 5.74) is 3.76. The molecule has 0 saturated carbocycles. The number of carbonyl (C=O) groups excluding carboxylic acids is 1. The Morgan fingerprint density at radius 3 is 2.80 bits per heavy atom. The first-order valence-electron chi connectivity index (χ1n) is 6.03. The zero-order valence-corrected chi connectivity index (χ0v) is 9.97. The Morgan fingerprint density at radius 2 is 2.13 bits per heavy atom. The summed E-state index contributed by atoms with van der Waals surface area (Å²) in [5, 5.41) is 0. The Morgan fingerprint density at radius 1 is 1.40 bits per heavy atom. The summed E-state index contributed by atoms with van der Waals surface area (Å²) in [5.74, 6) is 1.52. The Kier molecular flexibility index (Phi) is 2.81. The van der Waals surface area contributed by atoms with Crippen LogP contribution in [0.1, 0.15) is 46.5 Å². The van der Waals surface area contributed by atoms with Gasteiger partial charge < -0.3 is 0 Å². The number of rotatable bonds is 1. The van der Waals surface area contributed by atoms with Crippen LogP contribution >= 0.6 is 0 Å². The molecule has 0 heterocycles. The van der Waals surface area contributed by atoms with E-state index < -0.39 is 0 Å². The van der Waals surface area contributed by atoms with E-state index in [4.69, 9.17) is 0 Å². The van der Waals surface area contributed by atoms with Gasteiger partial charge in [0.15, 0.2) is 5.78 Å². The molecule has 1 nitrogen and oxygen atoms in total. The molecule has 1 heteroatoms. The fourth-order valence-corrected chi connectivity index (χ4v) is 3.05. The van der Waals surface area contributed by atoms with Gasteiger partial charge in [-0.2, -0.15) is 0 Å². The van der Waals surface area contributed by atoms with Gasteiger partial charge >= 0.3 is 0 Å². The maximum atomic E-state index is 12.0. The largest absolute Gasteiger partial charge is 0.294 e. The maximum Gasteiger partial charge on any atom is 0.163 e. The first-order valence-corrected chi connectivity index (χ1v) is 6.03. The Labute approximate surface area is 92.3 Å². The average molecular weight is 204 g/mol. The molecule has 1 unspecified atom stereocenters. The second kappa shape index (κ2) is 3.96. The summed E-state index contributed by atoms with van der Waals surface area (Å²) < 4.78 is 0. The quantitative estimate of drug-likeness (QED) is 0.596. The van der Waals surface area contributed by atoms with Crippen molar-refractivity contribution in [3.8, 4) is 0 Å². The van der Waals surface area contributed by atoms with Crippen molar-refractivity contribution >= 4 is 5.78 Å². The van der Waals surface area contributed by atoms with Gasteiger partial charge in [-0.1, -0.05) is 30.6 Å². The molecule has 0 aromatic heterocycles. The molecule has 0 aromatic rings. The van der Waals surface area contributed by atoms with E-state index in [2.05, 4.69) is 26.8 Å². The summed E-state index contributed by atoms with van der Waals surface area (Å²) >= 11 is 0. The van der Waals surface area contributed by atoms with Crippen LogP contribution < -0.4 is 0 Å². The van der Waals surface area contributed by atoms with Crippen molar-refractivity contribution < 1.29 is 4.79 Å². The lowest BCUT2D eigenvalue weighted by Gasteiger charge is -2.35. The van der Waals surface area contributed by atoms with Crippen LogP contribution in [0.2, 0.25) is 0 Å². The van der Waals surface area contributed by atoms with Crippen molar-refractivity contribution in [2.75, 3.05) is 0 Å². The second-order valence-corrected chi connectivity index (χ2v) is 5.04. The lowest BCUT2D eigenvalue weighted by atomic mass is 9.69. The summed E-state index contributed by atoms with van der Waals surface area (Å²) in [4.78, 5) is 12.0. The van der Waals surface area contributed by atoms with E-state index in [1.54, 1.807) is 0 Å². The van der Waals surface area contributed by atoms with Gasteiger partial charge in [0.1, 0.15) is 0 Å². The summed E-state index contributed by atoms with van der Waals surface area (Å²) in [7, 11) is 0. The molecular formula is C14H20O. The maximum absolute atomic E-state index is 12.0. The molecule has 0 aliphatic heterocycles. The molecule has 0 amide bonds. The smallest absolute Gasteiger partial charge is 0.163 e. The number of allylic oxidation sites excluding steroid dienone is 4. The molecule has 15 heavy (non-hydrogen) atoms. The molecule has 2 rings (SSSR count). The number of hydrogen-bond donors (Lipinski definition) is 0. The molecule has 0 radical (unpaired) electrons. The fraction of sp³-hybridized carbons (Fsp3) is 0.643. The zero-order valence-electron chi connectivity index (χ0n) is 9.97. The predicted molar refractivity (Wildman–Crippen MR) is 62.6 cm³/mol. The summed E-state index contributed by atoms with van der Waals surface area (Å²) in [6.07, 6.45) is 6.57. The Balaban J connectivity index is 2.43. The van der Waals surface area contributed by atoms with Crippen molar-refractivity contribution in [3.05, 3.63) is 22.8 Å². The molecule has 0 spiro atoms. The molecule has 0 fully saturated rings.